The minimum Gasteiger partial charge on any atom is -0.376 e. The Hall–Kier alpha value is -2.06. The number of nitro groups is 2. The Balaban J connectivity index is 1.98. The second-order valence-corrected chi connectivity index (χ2v) is 5.05. The van der Waals surface area contributed by atoms with Crippen LogP contribution in [0.3, 0.4) is 0 Å². The Morgan fingerprint density at radius 2 is 2.10 bits per heavy atom. The minimum atomic E-state index is -0.647. The van der Waals surface area contributed by atoms with Crippen LogP contribution in [0.5, 0.6) is 0 Å². The van der Waals surface area contributed by atoms with E-state index in [4.69, 9.17) is 4.74 Å². The van der Waals surface area contributed by atoms with Crippen LogP contribution in [0, 0.1) is 26.1 Å². The first kappa shape index (κ1) is 15.3. The molecule has 1 aliphatic rings. The van der Waals surface area contributed by atoms with Crippen LogP contribution in [-0.4, -0.2) is 29.5 Å². The van der Waals surface area contributed by atoms with Crippen molar-refractivity contribution in [3.05, 3.63) is 44.0 Å². The van der Waals surface area contributed by atoms with E-state index < -0.39 is 9.85 Å². The van der Waals surface area contributed by atoms with Gasteiger partial charge in [-0.1, -0.05) is 0 Å². The predicted molar refractivity (Wildman–Crippen MR) is 75.0 cm³/mol. The Kier molecular flexibility index (Phi) is 5.18. The summed E-state index contributed by atoms with van der Waals surface area (Å²) in [6.07, 6.45) is 2.18. The molecule has 1 fully saturated rings. The van der Waals surface area contributed by atoms with Crippen LogP contribution in [0.1, 0.15) is 18.4 Å². The molecule has 1 aromatic carbocycles. The lowest BCUT2D eigenvalue weighted by molar-refractivity contribution is -0.394. The topological polar surface area (TPSA) is 108 Å². The largest absolute Gasteiger partial charge is 0.376 e. The minimum absolute atomic E-state index is 0.0881. The zero-order valence-corrected chi connectivity index (χ0v) is 11.5. The van der Waals surface area contributed by atoms with Gasteiger partial charge in [0.15, 0.2) is 0 Å². The Labute approximate surface area is 121 Å². The lowest BCUT2D eigenvalue weighted by atomic mass is 10.0. The highest BCUT2D eigenvalue weighted by atomic mass is 16.6. The third-order valence-corrected chi connectivity index (χ3v) is 3.49. The summed E-state index contributed by atoms with van der Waals surface area (Å²) in [5.74, 6) is 0.413. The number of ether oxygens (including phenoxy) is 1. The van der Waals surface area contributed by atoms with Crippen LogP contribution in [0.2, 0.25) is 0 Å². The van der Waals surface area contributed by atoms with E-state index in [1.165, 1.54) is 12.1 Å². The average molecular weight is 295 g/mol. The Morgan fingerprint density at radius 1 is 1.29 bits per heavy atom. The summed E-state index contributed by atoms with van der Waals surface area (Å²) in [6, 6.07) is 3.62. The SMILES string of the molecule is O=[N+]([O-])c1ccc(COCC2CCCNC2)c([N+](=O)[O-])c1. The number of nitro benzene ring substituents is 2. The number of rotatable bonds is 6. The molecule has 114 valence electrons. The lowest BCUT2D eigenvalue weighted by Gasteiger charge is -2.22. The maximum absolute atomic E-state index is 11.0. The number of non-ortho nitro benzene ring substituents is 1. The molecule has 1 unspecified atom stereocenters. The van der Waals surface area contributed by atoms with Crippen molar-refractivity contribution >= 4 is 11.4 Å². The monoisotopic (exact) mass is 295 g/mol. The van der Waals surface area contributed by atoms with Gasteiger partial charge < -0.3 is 10.1 Å². The maximum Gasteiger partial charge on any atom is 0.281 e. The van der Waals surface area contributed by atoms with Gasteiger partial charge in [-0.05, 0) is 31.4 Å². The number of nitrogens with one attached hydrogen (secondary N) is 1. The standard InChI is InChI=1S/C13H17N3O5/c17-15(18)12-4-3-11(13(6-12)16(19)20)9-21-8-10-2-1-5-14-7-10/h3-4,6,10,14H,1-2,5,7-9H2. The van der Waals surface area contributed by atoms with Crippen LogP contribution in [0.25, 0.3) is 0 Å². The first-order valence-electron chi connectivity index (χ1n) is 6.78. The van der Waals surface area contributed by atoms with Crippen LogP contribution in [-0.2, 0) is 11.3 Å². The lowest BCUT2D eigenvalue weighted by Crippen LogP contribution is -2.32. The zero-order chi connectivity index (χ0) is 15.2. The van der Waals surface area contributed by atoms with Gasteiger partial charge >= 0.3 is 0 Å². The molecular formula is C13H17N3O5. The van der Waals surface area contributed by atoms with Gasteiger partial charge in [0.1, 0.15) is 0 Å². The highest BCUT2D eigenvalue weighted by molar-refractivity contribution is 5.48. The van der Waals surface area contributed by atoms with Crippen molar-refractivity contribution in [3.8, 4) is 0 Å². The van der Waals surface area contributed by atoms with E-state index in [9.17, 15) is 20.2 Å². The van der Waals surface area contributed by atoms with Gasteiger partial charge in [0.05, 0.1) is 34.7 Å². The fourth-order valence-electron chi connectivity index (χ4n) is 2.36. The summed E-state index contributed by atoms with van der Waals surface area (Å²) in [7, 11) is 0. The molecule has 1 atom stereocenters. The van der Waals surface area contributed by atoms with E-state index >= 15 is 0 Å². The second kappa shape index (κ2) is 7.09. The summed E-state index contributed by atoms with van der Waals surface area (Å²) in [5.41, 5.74) is -0.206. The molecule has 0 amide bonds. The highest BCUT2D eigenvalue weighted by Gasteiger charge is 2.20. The maximum atomic E-state index is 11.0. The van der Waals surface area contributed by atoms with E-state index in [2.05, 4.69) is 5.32 Å². The molecule has 8 nitrogen and oxygen atoms in total. The van der Waals surface area contributed by atoms with Gasteiger partial charge in [-0.3, -0.25) is 20.2 Å². The first-order valence-corrected chi connectivity index (χ1v) is 6.78. The smallest absolute Gasteiger partial charge is 0.281 e. The van der Waals surface area contributed by atoms with Gasteiger partial charge in [0, 0.05) is 12.6 Å². The molecule has 0 radical (unpaired) electrons. The third kappa shape index (κ3) is 4.20. The van der Waals surface area contributed by atoms with E-state index in [-0.39, 0.29) is 18.0 Å². The van der Waals surface area contributed by atoms with Crippen molar-refractivity contribution < 1.29 is 14.6 Å². The van der Waals surface area contributed by atoms with Gasteiger partial charge in [-0.2, -0.15) is 0 Å². The fourth-order valence-corrected chi connectivity index (χ4v) is 2.36. The van der Waals surface area contributed by atoms with Crippen LogP contribution in [0.4, 0.5) is 11.4 Å². The number of hydrogen-bond acceptors (Lipinski definition) is 6. The van der Waals surface area contributed by atoms with Crippen LogP contribution < -0.4 is 5.32 Å². The summed E-state index contributed by atoms with van der Waals surface area (Å²) < 4.78 is 5.54. The number of benzene rings is 1. The molecule has 21 heavy (non-hydrogen) atoms. The van der Waals surface area contributed by atoms with E-state index in [1.54, 1.807) is 0 Å². The summed E-state index contributed by atoms with van der Waals surface area (Å²) in [4.78, 5) is 20.4. The number of hydrogen-bond donors (Lipinski definition) is 1. The molecule has 0 aromatic heterocycles. The Bertz CT molecular complexity index is 529. The third-order valence-electron chi connectivity index (χ3n) is 3.49. The molecule has 1 N–H and O–H groups in total. The first-order chi connectivity index (χ1) is 10.1. The van der Waals surface area contributed by atoms with Gasteiger partial charge in [-0.25, -0.2) is 0 Å². The molecule has 1 aromatic rings. The normalized spacial score (nSPS) is 18.4. The predicted octanol–water partition coefficient (Wildman–Crippen LogP) is 2.02. The van der Waals surface area contributed by atoms with Crippen molar-refractivity contribution in [2.24, 2.45) is 5.92 Å². The average Bonchev–Trinajstić information content (AvgIpc) is 2.48. The van der Waals surface area contributed by atoms with E-state index in [0.717, 1.165) is 32.0 Å². The summed E-state index contributed by atoms with van der Waals surface area (Å²) >= 11 is 0. The van der Waals surface area contributed by atoms with Crippen molar-refractivity contribution in [2.75, 3.05) is 19.7 Å². The Morgan fingerprint density at radius 3 is 2.71 bits per heavy atom. The molecule has 0 bridgehead atoms. The van der Waals surface area contributed by atoms with E-state index in [0.29, 0.717) is 18.1 Å². The van der Waals surface area contributed by atoms with Crippen LogP contribution in [0.15, 0.2) is 18.2 Å². The van der Waals surface area contributed by atoms with Gasteiger partial charge in [0.25, 0.3) is 11.4 Å². The second-order valence-electron chi connectivity index (χ2n) is 5.05. The van der Waals surface area contributed by atoms with Gasteiger partial charge in [0.2, 0.25) is 0 Å². The zero-order valence-electron chi connectivity index (χ0n) is 11.5. The summed E-state index contributed by atoms with van der Waals surface area (Å²) in [5, 5.41) is 24.9. The number of piperidine rings is 1. The molecule has 8 heteroatoms. The quantitative estimate of drug-likeness (QED) is 0.635. The molecule has 0 spiro atoms. The molecule has 1 aliphatic heterocycles. The van der Waals surface area contributed by atoms with Crippen molar-refractivity contribution in [1.82, 2.24) is 5.32 Å². The number of nitrogens with zero attached hydrogens (tertiary/aromatic N) is 2. The molecule has 1 saturated heterocycles. The van der Waals surface area contributed by atoms with Crippen LogP contribution >= 0.6 is 0 Å². The molecule has 2 rings (SSSR count). The molecule has 0 aliphatic carbocycles. The van der Waals surface area contributed by atoms with Crippen molar-refractivity contribution in [1.29, 1.82) is 0 Å². The molecular weight excluding hydrogens is 278 g/mol. The van der Waals surface area contributed by atoms with E-state index in [1.807, 2.05) is 0 Å². The van der Waals surface area contributed by atoms with Crippen molar-refractivity contribution in [2.45, 2.75) is 19.4 Å². The fraction of sp³-hybridized carbons (Fsp3) is 0.538. The molecule has 0 saturated carbocycles. The van der Waals surface area contributed by atoms with Gasteiger partial charge in [-0.15, -0.1) is 0 Å². The summed E-state index contributed by atoms with van der Waals surface area (Å²) in [6.45, 7) is 2.53. The molecule has 1 heterocycles. The highest BCUT2D eigenvalue weighted by Crippen LogP contribution is 2.25. The van der Waals surface area contributed by atoms with Crippen molar-refractivity contribution in [3.63, 3.8) is 0 Å².